The number of alkyl halides is 3. The minimum absolute atomic E-state index is 0.0146. The number of carbonyl (C=O) groups excluding carboxylic acids is 1. The Morgan fingerprint density at radius 3 is 2.52 bits per heavy atom. The van der Waals surface area contributed by atoms with Crippen LogP contribution in [0.3, 0.4) is 0 Å². The average Bonchev–Trinajstić information content (AvgIpc) is 3.32. The lowest BCUT2D eigenvalue weighted by atomic mass is 9.81. The Morgan fingerprint density at radius 1 is 1.19 bits per heavy atom. The lowest BCUT2D eigenvalue weighted by Gasteiger charge is -2.38. The van der Waals surface area contributed by atoms with E-state index in [1.807, 2.05) is 0 Å². The van der Waals surface area contributed by atoms with Gasteiger partial charge >= 0.3 is 6.18 Å². The lowest BCUT2D eigenvalue weighted by molar-refractivity contribution is -0.175. The number of fused-ring (bicyclic) bond motifs is 1. The average molecular weight is 426 g/mol. The molecule has 3 heterocycles. The zero-order chi connectivity index (χ0) is 22.0. The van der Waals surface area contributed by atoms with Crippen molar-refractivity contribution < 1.29 is 23.1 Å². The Balaban J connectivity index is 1.64. The third kappa shape index (κ3) is 2.55. The van der Waals surface area contributed by atoms with Crippen molar-refractivity contribution >= 4 is 11.6 Å². The molecule has 2 atom stereocenters. The second-order valence-corrected chi connectivity index (χ2v) is 7.94. The van der Waals surface area contributed by atoms with E-state index in [0.29, 0.717) is 22.4 Å². The van der Waals surface area contributed by atoms with Crippen molar-refractivity contribution in [3.63, 3.8) is 0 Å². The molecule has 3 aliphatic heterocycles. The van der Waals surface area contributed by atoms with Gasteiger partial charge in [-0.25, -0.2) is 0 Å². The van der Waals surface area contributed by atoms with Crippen LogP contribution < -0.4 is 5.32 Å². The highest BCUT2D eigenvalue weighted by atomic mass is 19.4. The number of halogens is 3. The fourth-order valence-electron chi connectivity index (χ4n) is 4.88. The fourth-order valence-corrected chi connectivity index (χ4v) is 4.88. The van der Waals surface area contributed by atoms with E-state index in [-0.39, 0.29) is 25.3 Å². The van der Waals surface area contributed by atoms with Gasteiger partial charge in [0.2, 0.25) is 0 Å². The molecule has 1 fully saturated rings. The smallest absolute Gasteiger partial charge is 0.438 e. The molecule has 2 aromatic rings. The number of nitrogens with zero attached hydrogens (tertiary/aromatic N) is 3. The van der Waals surface area contributed by atoms with Crippen LogP contribution in [0.4, 0.5) is 18.9 Å². The van der Waals surface area contributed by atoms with Gasteiger partial charge in [-0.1, -0.05) is 30.2 Å². The third-order valence-electron chi connectivity index (χ3n) is 6.43. The fraction of sp³-hybridized carbons (Fsp3) is 0.318. The second-order valence-electron chi connectivity index (χ2n) is 7.94. The molecule has 2 unspecified atom stereocenters. The van der Waals surface area contributed by atoms with Gasteiger partial charge in [-0.3, -0.25) is 9.69 Å². The monoisotopic (exact) mass is 426 g/mol. The van der Waals surface area contributed by atoms with E-state index >= 15 is 0 Å². The summed E-state index contributed by atoms with van der Waals surface area (Å²) in [5.41, 5.74) is -1.71. The molecule has 0 radical (unpaired) electrons. The van der Waals surface area contributed by atoms with E-state index in [4.69, 9.17) is 6.42 Å². The first-order valence-electron chi connectivity index (χ1n) is 9.71. The summed E-state index contributed by atoms with van der Waals surface area (Å²) in [6.45, 7) is 0.210. The Morgan fingerprint density at radius 2 is 1.90 bits per heavy atom. The van der Waals surface area contributed by atoms with Gasteiger partial charge in [-0.05, 0) is 30.2 Å². The van der Waals surface area contributed by atoms with Gasteiger partial charge in [0.05, 0.1) is 5.69 Å². The SMILES string of the molecule is C#Cc1cccc2c1NC(=O)C2(c1ccc(O)cc1)N1CCC(C2(C(F)(F)F)N=N2)C1. The van der Waals surface area contributed by atoms with Gasteiger partial charge in [-0.15, -0.1) is 16.7 Å². The molecule has 1 saturated heterocycles. The number of nitrogens with one attached hydrogen (secondary N) is 1. The van der Waals surface area contributed by atoms with Crippen molar-refractivity contribution in [3.05, 3.63) is 59.2 Å². The maximum absolute atomic E-state index is 13.6. The van der Waals surface area contributed by atoms with Crippen molar-refractivity contribution in [3.8, 4) is 18.1 Å². The summed E-state index contributed by atoms with van der Waals surface area (Å²) in [4.78, 5) is 15.2. The summed E-state index contributed by atoms with van der Waals surface area (Å²) in [6, 6.07) is 11.3. The van der Waals surface area contributed by atoms with Crippen LogP contribution in [-0.4, -0.2) is 40.8 Å². The highest BCUT2D eigenvalue weighted by Crippen LogP contribution is 2.55. The van der Waals surface area contributed by atoms with Gasteiger partial charge in [0, 0.05) is 30.1 Å². The van der Waals surface area contributed by atoms with E-state index in [0.717, 1.165) is 0 Å². The van der Waals surface area contributed by atoms with Crippen LogP contribution >= 0.6 is 0 Å². The summed E-state index contributed by atoms with van der Waals surface area (Å²) in [7, 11) is 0. The predicted molar refractivity (Wildman–Crippen MR) is 105 cm³/mol. The maximum atomic E-state index is 13.6. The summed E-state index contributed by atoms with van der Waals surface area (Å²) >= 11 is 0. The van der Waals surface area contributed by atoms with E-state index < -0.39 is 29.2 Å². The first-order valence-corrected chi connectivity index (χ1v) is 9.71. The molecule has 31 heavy (non-hydrogen) atoms. The maximum Gasteiger partial charge on any atom is 0.438 e. The molecule has 0 aromatic heterocycles. The molecule has 2 aromatic carbocycles. The number of benzene rings is 2. The number of rotatable bonds is 3. The van der Waals surface area contributed by atoms with Crippen LogP contribution in [0.1, 0.15) is 23.1 Å². The number of amides is 1. The van der Waals surface area contributed by atoms with E-state index in [1.165, 1.54) is 12.1 Å². The van der Waals surface area contributed by atoms with Crippen LogP contribution in [-0.2, 0) is 10.3 Å². The molecule has 3 aliphatic rings. The molecule has 5 rings (SSSR count). The van der Waals surface area contributed by atoms with Gasteiger partial charge in [0.25, 0.3) is 11.6 Å². The Bertz CT molecular complexity index is 1150. The molecular weight excluding hydrogens is 409 g/mol. The van der Waals surface area contributed by atoms with Crippen molar-refractivity contribution in [1.82, 2.24) is 4.90 Å². The van der Waals surface area contributed by atoms with Crippen molar-refractivity contribution in [2.75, 3.05) is 18.4 Å². The minimum atomic E-state index is -4.58. The third-order valence-corrected chi connectivity index (χ3v) is 6.43. The second kappa shape index (κ2) is 6.31. The topological polar surface area (TPSA) is 77.3 Å². The molecule has 2 N–H and O–H groups in total. The van der Waals surface area contributed by atoms with Crippen LogP contribution in [0, 0.1) is 18.3 Å². The quantitative estimate of drug-likeness (QED) is 0.736. The number of hydrogen-bond acceptors (Lipinski definition) is 5. The number of carbonyl (C=O) groups is 1. The molecule has 0 saturated carbocycles. The standard InChI is InChI=1S/C22H17F3N4O2/c1-2-13-4-3-5-17-18(13)26-19(31)20(17,14-6-8-16(30)9-7-14)29-11-10-15(12-29)21(27-28-21)22(23,24)25/h1,3-9,15,30H,10-12H2,(H,26,31). The minimum Gasteiger partial charge on any atom is -0.508 e. The van der Waals surface area contributed by atoms with Crippen molar-refractivity contribution in [2.24, 2.45) is 16.1 Å². The summed E-state index contributed by atoms with van der Waals surface area (Å²) in [5, 5.41) is 19.3. The highest BCUT2D eigenvalue weighted by molar-refractivity contribution is 6.09. The number of para-hydroxylation sites is 1. The zero-order valence-electron chi connectivity index (χ0n) is 16.1. The predicted octanol–water partition coefficient (Wildman–Crippen LogP) is 3.62. The number of phenols is 1. The normalized spacial score (nSPS) is 26.4. The molecule has 158 valence electrons. The molecular formula is C22H17F3N4O2. The lowest BCUT2D eigenvalue weighted by Crippen LogP contribution is -2.52. The summed E-state index contributed by atoms with van der Waals surface area (Å²) in [6.07, 6.45) is 1.21. The van der Waals surface area contributed by atoms with Crippen molar-refractivity contribution in [2.45, 2.75) is 23.8 Å². The largest absolute Gasteiger partial charge is 0.508 e. The van der Waals surface area contributed by atoms with Gasteiger partial charge < -0.3 is 10.4 Å². The Hall–Kier alpha value is -3.38. The number of aromatic hydroxyl groups is 1. The van der Waals surface area contributed by atoms with Crippen LogP contribution in [0.15, 0.2) is 52.7 Å². The van der Waals surface area contributed by atoms with Crippen LogP contribution in [0.25, 0.3) is 0 Å². The van der Waals surface area contributed by atoms with Gasteiger partial charge in [-0.2, -0.15) is 13.2 Å². The molecule has 0 aliphatic carbocycles. The van der Waals surface area contributed by atoms with Gasteiger partial charge in [0.1, 0.15) is 5.75 Å². The number of hydrogen-bond donors (Lipinski definition) is 2. The van der Waals surface area contributed by atoms with E-state index in [1.54, 1.807) is 35.2 Å². The van der Waals surface area contributed by atoms with E-state index in [2.05, 4.69) is 21.5 Å². The summed E-state index contributed by atoms with van der Waals surface area (Å²) < 4.78 is 40.8. The first kappa shape index (κ1) is 19.6. The Kier molecular flexibility index (Phi) is 3.98. The van der Waals surface area contributed by atoms with Crippen LogP contribution in [0.5, 0.6) is 5.75 Å². The highest BCUT2D eigenvalue weighted by Gasteiger charge is 2.70. The summed E-state index contributed by atoms with van der Waals surface area (Å²) in [5.74, 6) is 1.27. The number of anilines is 1. The van der Waals surface area contributed by atoms with Crippen LogP contribution in [0.2, 0.25) is 0 Å². The van der Waals surface area contributed by atoms with E-state index in [9.17, 15) is 23.1 Å². The number of terminal acetylenes is 1. The molecule has 0 bridgehead atoms. The molecule has 6 nitrogen and oxygen atoms in total. The Labute approximate surface area is 175 Å². The van der Waals surface area contributed by atoms with Crippen molar-refractivity contribution in [1.29, 1.82) is 0 Å². The van der Waals surface area contributed by atoms with Gasteiger partial charge in [0.15, 0.2) is 5.54 Å². The molecule has 0 spiro atoms. The number of phenolic OH excluding ortho intramolecular Hbond substituents is 1. The molecule has 1 amide bonds. The molecule has 9 heteroatoms. The first-order chi connectivity index (χ1) is 14.7. The number of likely N-dealkylation sites (tertiary alicyclic amines) is 1. The zero-order valence-corrected chi connectivity index (χ0v) is 16.1.